The number of carboxylic acid groups (broad SMARTS) is 2. The molecule has 2 aromatic carbocycles. The number of nitrogens with one attached hydrogen (secondary N) is 1. The van der Waals surface area contributed by atoms with E-state index in [4.69, 9.17) is 24.8 Å². The van der Waals surface area contributed by atoms with Crippen LogP contribution in [0.4, 0.5) is 23.2 Å². The Labute approximate surface area is 246 Å². The lowest BCUT2D eigenvalue weighted by atomic mass is 9.84. The summed E-state index contributed by atoms with van der Waals surface area (Å²) < 4.78 is 58.1. The van der Waals surface area contributed by atoms with Crippen molar-refractivity contribution in [1.82, 2.24) is 4.90 Å². The summed E-state index contributed by atoms with van der Waals surface area (Å²) in [5.41, 5.74) is 2.36. The first-order chi connectivity index (χ1) is 19.8. The number of hydrogen-bond acceptors (Lipinski definition) is 7. The van der Waals surface area contributed by atoms with Gasteiger partial charge in [0, 0.05) is 24.8 Å². The Morgan fingerprint density at radius 1 is 1.05 bits per heavy atom. The Bertz CT molecular complexity index is 1390. The van der Waals surface area contributed by atoms with Crippen LogP contribution in [0.5, 0.6) is 11.5 Å². The van der Waals surface area contributed by atoms with Gasteiger partial charge in [0.15, 0.2) is 23.1 Å². The number of halogens is 4. The average molecular weight is 614 g/mol. The number of carbonyl (C=O) groups is 3. The van der Waals surface area contributed by atoms with Gasteiger partial charge in [-0.2, -0.15) is 13.2 Å². The Kier molecular flexibility index (Phi) is 11.1. The van der Waals surface area contributed by atoms with Gasteiger partial charge in [0.05, 0.1) is 25.3 Å². The minimum atomic E-state index is -5.08. The lowest BCUT2D eigenvalue weighted by molar-refractivity contribution is -0.192. The van der Waals surface area contributed by atoms with Crippen LogP contribution in [-0.2, 0) is 21.5 Å². The Morgan fingerprint density at radius 2 is 1.63 bits per heavy atom. The van der Waals surface area contributed by atoms with Crippen molar-refractivity contribution >= 4 is 29.2 Å². The second kappa shape index (κ2) is 13.7. The van der Waals surface area contributed by atoms with Crippen LogP contribution in [0.1, 0.15) is 61.7 Å². The van der Waals surface area contributed by atoms with Crippen molar-refractivity contribution in [3.8, 4) is 11.5 Å². The fraction of sp³-hybridized carbons (Fsp3) is 0.448. The Balaban J connectivity index is 0.000000821. The summed E-state index contributed by atoms with van der Waals surface area (Å²) in [5, 5.41) is 24.9. The highest BCUT2D eigenvalue weighted by Gasteiger charge is 2.38. The van der Waals surface area contributed by atoms with Crippen molar-refractivity contribution in [3.05, 3.63) is 52.3 Å². The van der Waals surface area contributed by atoms with Gasteiger partial charge < -0.3 is 29.5 Å². The van der Waals surface area contributed by atoms with Crippen LogP contribution in [0.15, 0.2) is 24.3 Å². The minimum absolute atomic E-state index is 0.0214. The fourth-order valence-electron chi connectivity index (χ4n) is 4.35. The fourth-order valence-corrected chi connectivity index (χ4v) is 4.35. The predicted octanol–water partition coefficient (Wildman–Crippen LogP) is 5.10. The number of hydrogen-bond donors (Lipinski definition) is 3. The van der Waals surface area contributed by atoms with E-state index in [0.29, 0.717) is 17.7 Å². The highest BCUT2D eigenvalue weighted by atomic mass is 19.4. The highest BCUT2D eigenvalue weighted by molar-refractivity contribution is 6.06. The van der Waals surface area contributed by atoms with Gasteiger partial charge in [0.1, 0.15) is 12.4 Å². The lowest BCUT2D eigenvalue weighted by Crippen LogP contribution is -2.31. The Morgan fingerprint density at radius 3 is 2.12 bits per heavy atom. The van der Waals surface area contributed by atoms with E-state index in [2.05, 4.69) is 0 Å². The molecule has 0 aromatic heterocycles. The number of rotatable bonds is 10. The zero-order valence-corrected chi connectivity index (χ0v) is 24.7. The van der Waals surface area contributed by atoms with E-state index in [1.165, 1.54) is 4.90 Å². The number of ketones is 1. The van der Waals surface area contributed by atoms with Crippen molar-refractivity contribution in [2.75, 3.05) is 38.3 Å². The van der Waals surface area contributed by atoms with Crippen molar-refractivity contribution < 1.29 is 51.6 Å². The molecule has 236 valence electrons. The summed E-state index contributed by atoms with van der Waals surface area (Å²) in [6.07, 6.45) is -5.08. The molecule has 1 heterocycles. The molecular formula is C29H35F4N3O7. The topological polar surface area (TPSA) is 140 Å². The van der Waals surface area contributed by atoms with Crippen molar-refractivity contribution in [2.45, 2.75) is 52.8 Å². The minimum Gasteiger partial charge on any atom is -0.490 e. The molecule has 0 spiro atoms. The second-order valence-electron chi connectivity index (χ2n) is 10.6. The number of amidine groups is 1. The second-order valence-corrected chi connectivity index (χ2v) is 10.6. The van der Waals surface area contributed by atoms with Gasteiger partial charge in [-0.25, -0.2) is 9.18 Å². The number of Topliss-reactive ketones (excluding diaryl/α,β-unsaturated/α-hetero) is 1. The van der Waals surface area contributed by atoms with E-state index in [-0.39, 0.29) is 60.3 Å². The molecule has 43 heavy (non-hydrogen) atoms. The molecule has 0 amide bonds. The number of carbonyl (C=O) groups excluding carboxylic acids is 1. The lowest BCUT2D eigenvalue weighted by Gasteiger charge is -2.28. The van der Waals surface area contributed by atoms with Crippen LogP contribution in [0.25, 0.3) is 0 Å². The molecule has 0 aliphatic carbocycles. The molecule has 0 fully saturated rings. The number of fused-ring (bicyclic) bond motifs is 1. The number of alkyl halides is 3. The molecule has 1 aliphatic heterocycles. The normalized spacial score (nSPS) is 12.7. The molecule has 0 atom stereocenters. The highest BCUT2D eigenvalue weighted by Crippen LogP contribution is 2.39. The molecule has 1 aliphatic rings. The molecule has 0 bridgehead atoms. The number of benzene rings is 2. The molecule has 14 heteroatoms. The predicted molar refractivity (Wildman–Crippen MR) is 150 cm³/mol. The van der Waals surface area contributed by atoms with E-state index in [1.54, 1.807) is 50.1 Å². The van der Waals surface area contributed by atoms with E-state index >= 15 is 4.39 Å². The van der Waals surface area contributed by atoms with E-state index < -0.39 is 23.9 Å². The van der Waals surface area contributed by atoms with Gasteiger partial charge in [-0.3, -0.25) is 15.0 Å². The van der Waals surface area contributed by atoms with E-state index in [0.717, 1.165) is 11.3 Å². The van der Waals surface area contributed by atoms with Gasteiger partial charge in [0.25, 0.3) is 0 Å². The number of aliphatic carboxylic acids is 2. The van der Waals surface area contributed by atoms with Gasteiger partial charge in [-0.15, -0.1) is 0 Å². The third-order valence-corrected chi connectivity index (χ3v) is 6.26. The SMILES string of the molecule is CCOc1cc2c(c(F)c1OCC)C(=N)N(CC(=O)c1ccc(N(C)CC(=O)O)c(C(C)(C)C)c1)C2.O=C(O)C(F)(F)F. The van der Waals surface area contributed by atoms with Crippen molar-refractivity contribution in [3.63, 3.8) is 0 Å². The summed E-state index contributed by atoms with van der Waals surface area (Å²) in [4.78, 5) is 36.5. The monoisotopic (exact) mass is 613 g/mol. The molecular weight excluding hydrogens is 578 g/mol. The standard InChI is InChI=1S/C27H34FN3O5.C2HF3O2/c1-7-35-21-12-17-13-31(26(29)23(17)24(28)25(21)36-8-2)14-20(32)16-9-10-19(30(6)15-22(33)34)18(11-16)27(3,4)5;3-2(4,5)1(6)7/h9-12,29H,7-8,13-15H2,1-6H3,(H,33,34);(H,6,7). The summed E-state index contributed by atoms with van der Waals surface area (Å²) in [6, 6.07) is 6.88. The first-order valence-corrected chi connectivity index (χ1v) is 13.2. The number of nitrogens with zero attached hydrogens (tertiary/aromatic N) is 2. The first kappa shape index (κ1) is 34.8. The van der Waals surface area contributed by atoms with Gasteiger partial charge in [0.2, 0.25) is 0 Å². The van der Waals surface area contributed by atoms with Crippen molar-refractivity contribution in [1.29, 1.82) is 5.41 Å². The quantitative estimate of drug-likeness (QED) is 0.247. The van der Waals surface area contributed by atoms with Gasteiger partial charge in [-0.1, -0.05) is 20.8 Å². The summed E-state index contributed by atoms with van der Waals surface area (Å²) >= 11 is 0. The number of ether oxygens (including phenoxy) is 2. The zero-order chi connectivity index (χ0) is 32.9. The van der Waals surface area contributed by atoms with Crippen LogP contribution in [0.3, 0.4) is 0 Å². The van der Waals surface area contributed by atoms with Crippen LogP contribution >= 0.6 is 0 Å². The smallest absolute Gasteiger partial charge is 0.490 e. The molecule has 0 unspecified atom stereocenters. The maximum atomic E-state index is 15.3. The zero-order valence-electron chi connectivity index (χ0n) is 24.7. The average Bonchev–Trinajstić information content (AvgIpc) is 3.19. The maximum Gasteiger partial charge on any atom is 0.490 e. The molecule has 0 saturated carbocycles. The van der Waals surface area contributed by atoms with Gasteiger partial charge in [-0.05, 0) is 54.7 Å². The van der Waals surface area contributed by atoms with Gasteiger partial charge >= 0.3 is 18.1 Å². The van der Waals surface area contributed by atoms with Crippen LogP contribution in [0, 0.1) is 11.2 Å². The van der Waals surface area contributed by atoms with Crippen LogP contribution in [-0.4, -0.2) is 78.2 Å². The third-order valence-electron chi connectivity index (χ3n) is 6.26. The number of carboxylic acids is 2. The number of likely N-dealkylation sites (N-methyl/N-ethyl adjacent to an activating group) is 1. The molecule has 3 rings (SSSR count). The Hall–Kier alpha value is -4.36. The summed E-state index contributed by atoms with van der Waals surface area (Å²) in [6.45, 7) is 10.1. The molecule has 2 aromatic rings. The maximum absolute atomic E-state index is 15.3. The number of anilines is 1. The largest absolute Gasteiger partial charge is 0.490 e. The third kappa shape index (κ3) is 8.58. The van der Waals surface area contributed by atoms with E-state index in [1.807, 2.05) is 20.8 Å². The summed E-state index contributed by atoms with van der Waals surface area (Å²) in [7, 11) is 1.70. The van der Waals surface area contributed by atoms with Crippen LogP contribution in [0.2, 0.25) is 0 Å². The molecule has 0 saturated heterocycles. The van der Waals surface area contributed by atoms with Crippen molar-refractivity contribution in [2.24, 2.45) is 0 Å². The van der Waals surface area contributed by atoms with Crippen LogP contribution < -0.4 is 14.4 Å². The summed E-state index contributed by atoms with van der Waals surface area (Å²) in [5.74, 6) is -4.39. The first-order valence-electron chi connectivity index (χ1n) is 13.2. The molecule has 10 nitrogen and oxygen atoms in total. The molecule has 0 radical (unpaired) electrons. The molecule has 3 N–H and O–H groups in total. The van der Waals surface area contributed by atoms with E-state index in [9.17, 15) is 27.9 Å².